The number of fused-ring (bicyclic) bond motifs is 1. The van der Waals surface area contributed by atoms with Gasteiger partial charge in [-0.25, -0.2) is 0 Å². The van der Waals surface area contributed by atoms with E-state index in [1.165, 1.54) is 0 Å². The normalized spacial score (nSPS) is 11.0. The van der Waals surface area contributed by atoms with Crippen LogP contribution in [0, 0.1) is 7.14 Å². The first-order valence-corrected chi connectivity index (χ1v) is 6.83. The minimum Gasteiger partial charge on any atom is -0.315 e. The highest BCUT2D eigenvalue weighted by molar-refractivity contribution is 14.1. The van der Waals surface area contributed by atoms with Crippen molar-refractivity contribution in [1.82, 2.24) is 9.97 Å². The van der Waals surface area contributed by atoms with Crippen LogP contribution in [-0.4, -0.2) is 9.97 Å². The molecule has 0 atom stereocenters. The second-order valence-corrected chi connectivity index (χ2v) is 5.83. The Morgan fingerprint density at radius 1 is 0.812 bits per heavy atom. The van der Waals surface area contributed by atoms with Crippen molar-refractivity contribution in [3.05, 3.63) is 37.9 Å². The quantitative estimate of drug-likeness (QED) is 0.262. The predicted molar refractivity (Wildman–Crippen MR) is 80.6 cm³/mol. The average Bonchev–Trinajstić information content (AvgIpc) is 2.26. The Kier molecular flexibility index (Phi) is 3.53. The first-order chi connectivity index (χ1) is 7.43. The molecule has 0 amide bonds. The van der Waals surface area contributed by atoms with Gasteiger partial charge in [0.05, 0.1) is 28.2 Å². The molecule has 0 radical (unpaired) electrons. The van der Waals surface area contributed by atoms with E-state index in [0.717, 1.165) is 0 Å². The molecule has 2 aromatic rings. The number of aromatic amines is 2. The molecule has 0 saturated heterocycles. The Bertz CT molecular complexity index is 647. The second-order valence-electron chi connectivity index (χ2n) is 2.91. The van der Waals surface area contributed by atoms with Gasteiger partial charge < -0.3 is 9.97 Å². The van der Waals surface area contributed by atoms with Gasteiger partial charge in [0.1, 0.15) is 0 Å². The van der Waals surface area contributed by atoms with Gasteiger partial charge >= 0.3 is 11.1 Å². The van der Waals surface area contributed by atoms with Crippen LogP contribution in [0.5, 0.6) is 0 Å². The van der Waals surface area contributed by atoms with Crippen molar-refractivity contribution in [1.29, 1.82) is 0 Å². The minimum atomic E-state index is -0.709. The molecule has 0 aliphatic rings. The molecule has 2 rings (SSSR count). The fourth-order valence-electron chi connectivity index (χ4n) is 1.21. The van der Waals surface area contributed by atoms with Gasteiger partial charge in [-0.2, -0.15) is 0 Å². The SMILES string of the molecule is O=c1[nH]c2c(I)c(Cl)c(Cl)c(I)c2[nH]c1=O. The molecule has 1 aromatic heterocycles. The largest absolute Gasteiger partial charge is 0.315 e. The van der Waals surface area contributed by atoms with Crippen molar-refractivity contribution < 1.29 is 0 Å². The number of nitrogens with one attached hydrogen (secondary N) is 2. The first-order valence-electron chi connectivity index (χ1n) is 3.91. The third kappa shape index (κ3) is 1.89. The van der Waals surface area contributed by atoms with Gasteiger partial charge in [-0.1, -0.05) is 23.2 Å². The Morgan fingerprint density at radius 3 is 1.44 bits per heavy atom. The van der Waals surface area contributed by atoms with E-state index in [1.54, 1.807) is 0 Å². The third-order valence-corrected chi connectivity index (χ3v) is 5.60. The van der Waals surface area contributed by atoms with Gasteiger partial charge in [0.2, 0.25) is 0 Å². The van der Waals surface area contributed by atoms with E-state index >= 15 is 0 Å². The monoisotopic (exact) mass is 482 g/mol. The van der Waals surface area contributed by atoms with E-state index in [-0.39, 0.29) is 0 Å². The molecule has 0 spiro atoms. The summed E-state index contributed by atoms with van der Waals surface area (Å²) in [5.74, 6) is 0. The van der Waals surface area contributed by atoms with Crippen LogP contribution in [0.15, 0.2) is 9.59 Å². The number of hydrogen-bond acceptors (Lipinski definition) is 2. The minimum absolute atomic E-state index is 0.363. The lowest BCUT2D eigenvalue weighted by atomic mass is 10.3. The second kappa shape index (κ2) is 4.46. The fourth-order valence-corrected chi connectivity index (χ4v) is 3.25. The Hall–Kier alpha value is 0.200. The van der Waals surface area contributed by atoms with E-state index in [0.29, 0.717) is 28.2 Å². The zero-order valence-corrected chi connectivity index (χ0v) is 13.2. The van der Waals surface area contributed by atoms with Crippen LogP contribution >= 0.6 is 68.4 Å². The van der Waals surface area contributed by atoms with Crippen molar-refractivity contribution in [3.8, 4) is 0 Å². The number of H-pyrrole nitrogens is 2. The molecule has 16 heavy (non-hydrogen) atoms. The summed E-state index contributed by atoms with van der Waals surface area (Å²) in [4.78, 5) is 27.4. The number of rotatable bonds is 0. The van der Waals surface area contributed by atoms with Crippen molar-refractivity contribution in [2.24, 2.45) is 0 Å². The molecule has 1 heterocycles. The fraction of sp³-hybridized carbons (Fsp3) is 0. The van der Waals surface area contributed by atoms with Gasteiger partial charge in [-0.15, -0.1) is 0 Å². The lowest BCUT2D eigenvalue weighted by Gasteiger charge is -2.07. The van der Waals surface area contributed by atoms with Crippen LogP contribution in [0.25, 0.3) is 11.0 Å². The lowest BCUT2D eigenvalue weighted by Crippen LogP contribution is -2.29. The van der Waals surface area contributed by atoms with Gasteiger partial charge in [-0.05, 0) is 45.2 Å². The van der Waals surface area contributed by atoms with Gasteiger partial charge in [0, 0.05) is 0 Å². The highest BCUT2D eigenvalue weighted by Gasteiger charge is 2.15. The average molecular weight is 483 g/mol. The summed E-state index contributed by atoms with van der Waals surface area (Å²) in [6.07, 6.45) is 0. The maximum atomic E-state index is 11.2. The molecule has 2 N–H and O–H groups in total. The Balaban J connectivity index is 3.15. The standard InChI is InChI=1S/C8H2Cl2I2N2O2/c9-1-2(10)4(12)6-5(3(1)11)13-7(15)8(16)14-6/h(H,13,15)(H,14,16). The maximum Gasteiger partial charge on any atom is 0.314 e. The van der Waals surface area contributed by atoms with Crippen LogP contribution in [0.3, 0.4) is 0 Å². The summed E-state index contributed by atoms with van der Waals surface area (Å²) < 4.78 is 1.21. The Labute approximate surface area is 126 Å². The molecule has 0 saturated carbocycles. The van der Waals surface area contributed by atoms with E-state index in [4.69, 9.17) is 23.2 Å². The predicted octanol–water partition coefficient (Wildman–Crippen LogP) is 2.73. The number of hydrogen-bond donors (Lipinski definition) is 2. The smallest absolute Gasteiger partial charge is 0.314 e. The Morgan fingerprint density at radius 2 is 1.12 bits per heavy atom. The molecular formula is C8H2Cl2I2N2O2. The zero-order valence-electron chi connectivity index (χ0n) is 7.33. The summed E-state index contributed by atoms with van der Waals surface area (Å²) >= 11 is 15.9. The molecular weight excluding hydrogens is 481 g/mol. The highest BCUT2D eigenvalue weighted by atomic mass is 127. The summed E-state index contributed by atoms with van der Waals surface area (Å²) in [6, 6.07) is 0. The summed E-state index contributed by atoms with van der Waals surface area (Å²) in [5.41, 5.74) is -0.438. The molecule has 0 fully saturated rings. The number of benzene rings is 1. The van der Waals surface area contributed by atoms with Crippen molar-refractivity contribution in [3.63, 3.8) is 0 Å². The van der Waals surface area contributed by atoms with Crippen molar-refractivity contribution in [2.75, 3.05) is 0 Å². The molecule has 0 bridgehead atoms. The molecule has 0 unspecified atom stereocenters. The van der Waals surface area contributed by atoms with E-state index in [1.807, 2.05) is 45.2 Å². The molecule has 84 valence electrons. The highest BCUT2D eigenvalue weighted by Crippen LogP contribution is 2.36. The zero-order chi connectivity index (χ0) is 12.0. The molecule has 1 aromatic carbocycles. The maximum absolute atomic E-state index is 11.2. The summed E-state index contributed by atoms with van der Waals surface area (Å²) in [6.45, 7) is 0. The van der Waals surface area contributed by atoms with Gasteiger partial charge in [0.15, 0.2) is 0 Å². The van der Waals surface area contributed by atoms with E-state index in [2.05, 4.69) is 9.97 Å². The first kappa shape index (κ1) is 12.7. The van der Waals surface area contributed by atoms with Crippen molar-refractivity contribution >= 4 is 79.4 Å². The summed E-state index contributed by atoms with van der Waals surface area (Å²) in [7, 11) is 0. The topological polar surface area (TPSA) is 65.7 Å². The van der Waals surface area contributed by atoms with Crippen LogP contribution < -0.4 is 11.1 Å². The molecule has 4 nitrogen and oxygen atoms in total. The molecule has 0 aliphatic carbocycles. The van der Waals surface area contributed by atoms with Crippen LogP contribution in [0.1, 0.15) is 0 Å². The molecule has 8 heteroatoms. The lowest BCUT2D eigenvalue weighted by molar-refractivity contribution is 1.14. The number of halogens is 4. The van der Waals surface area contributed by atoms with Crippen molar-refractivity contribution in [2.45, 2.75) is 0 Å². The van der Waals surface area contributed by atoms with Crippen LogP contribution in [0.4, 0.5) is 0 Å². The van der Waals surface area contributed by atoms with E-state index in [9.17, 15) is 9.59 Å². The van der Waals surface area contributed by atoms with Crippen LogP contribution in [-0.2, 0) is 0 Å². The van der Waals surface area contributed by atoms with E-state index < -0.39 is 11.1 Å². The van der Waals surface area contributed by atoms with Gasteiger partial charge in [0.25, 0.3) is 0 Å². The summed E-state index contributed by atoms with van der Waals surface area (Å²) in [5, 5.41) is 0.726. The van der Waals surface area contributed by atoms with Crippen LogP contribution in [0.2, 0.25) is 10.0 Å². The molecule has 0 aliphatic heterocycles. The van der Waals surface area contributed by atoms with Gasteiger partial charge in [-0.3, -0.25) is 9.59 Å². The number of aromatic nitrogens is 2. The third-order valence-electron chi connectivity index (χ3n) is 1.95.